The van der Waals surface area contributed by atoms with Crippen molar-refractivity contribution in [3.8, 4) is 0 Å². The van der Waals surface area contributed by atoms with Crippen molar-refractivity contribution in [1.82, 2.24) is 0 Å². The summed E-state index contributed by atoms with van der Waals surface area (Å²) >= 11 is 1.35. The van der Waals surface area contributed by atoms with Gasteiger partial charge in [-0.1, -0.05) is 0 Å². The van der Waals surface area contributed by atoms with Gasteiger partial charge in [0.2, 0.25) is 6.17 Å². The van der Waals surface area contributed by atoms with Gasteiger partial charge in [-0.3, -0.25) is 0 Å². The maximum Gasteiger partial charge on any atom is 0.343 e. The van der Waals surface area contributed by atoms with Crippen molar-refractivity contribution >= 4 is 17.3 Å². The maximum absolute atomic E-state index is 12.7. The highest BCUT2D eigenvalue weighted by Gasteiger charge is 2.18. The van der Waals surface area contributed by atoms with Crippen LogP contribution in [0.1, 0.15) is 16.6 Å². The van der Waals surface area contributed by atoms with E-state index in [1.165, 1.54) is 16.7 Å². The largest absolute Gasteiger partial charge is 0.479 e. The number of halogens is 1. The maximum atomic E-state index is 12.7. The standard InChI is InChI=1S/C7H7FO2S/c1-4-2-5(3-11-4)6(8)7(9)10/h2-3,6H,1H3,(H,9,10). The van der Waals surface area contributed by atoms with Crippen LogP contribution in [0.3, 0.4) is 0 Å². The van der Waals surface area contributed by atoms with Crippen LogP contribution in [0.4, 0.5) is 4.39 Å². The Labute approximate surface area is 67.3 Å². The van der Waals surface area contributed by atoms with Gasteiger partial charge < -0.3 is 5.11 Å². The first-order valence-electron chi connectivity index (χ1n) is 3.03. The molecule has 0 spiro atoms. The minimum Gasteiger partial charge on any atom is -0.479 e. The van der Waals surface area contributed by atoms with E-state index in [9.17, 15) is 9.18 Å². The van der Waals surface area contributed by atoms with Crippen LogP contribution in [0, 0.1) is 6.92 Å². The first-order valence-corrected chi connectivity index (χ1v) is 3.91. The molecule has 2 nitrogen and oxygen atoms in total. The van der Waals surface area contributed by atoms with Crippen molar-refractivity contribution in [3.63, 3.8) is 0 Å². The number of carbonyl (C=O) groups is 1. The Kier molecular flexibility index (Phi) is 2.24. The highest BCUT2D eigenvalue weighted by molar-refractivity contribution is 7.10. The predicted molar refractivity (Wildman–Crippen MR) is 40.5 cm³/mol. The highest BCUT2D eigenvalue weighted by atomic mass is 32.1. The highest BCUT2D eigenvalue weighted by Crippen LogP contribution is 2.22. The number of carboxylic acids is 1. The number of aliphatic carboxylic acids is 1. The summed E-state index contributed by atoms with van der Waals surface area (Å²) in [4.78, 5) is 11.1. The van der Waals surface area contributed by atoms with E-state index in [0.29, 0.717) is 0 Å². The fraction of sp³-hybridized carbons (Fsp3) is 0.286. The van der Waals surface area contributed by atoms with Gasteiger partial charge in [-0.15, -0.1) is 11.3 Å². The molecule has 1 heterocycles. The molecule has 0 fully saturated rings. The Bertz CT molecular complexity index is 269. The average molecular weight is 174 g/mol. The molecule has 1 N–H and O–H groups in total. The zero-order valence-corrected chi connectivity index (χ0v) is 6.69. The molecule has 1 unspecified atom stereocenters. The lowest BCUT2D eigenvalue weighted by Gasteiger charge is -1.96. The lowest BCUT2D eigenvalue weighted by Crippen LogP contribution is -2.04. The van der Waals surface area contributed by atoms with Gasteiger partial charge >= 0.3 is 5.97 Å². The zero-order chi connectivity index (χ0) is 8.43. The molecule has 1 rings (SSSR count). The minimum absolute atomic E-state index is 0.236. The Morgan fingerprint density at radius 3 is 2.82 bits per heavy atom. The summed E-state index contributed by atoms with van der Waals surface area (Å²) in [7, 11) is 0. The fourth-order valence-corrected chi connectivity index (χ4v) is 1.45. The lowest BCUT2D eigenvalue weighted by atomic mass is 10.2. The van der Waals surface area contributed by atoms with Crippen LogP contribution in [0.15, 0.2) is 11.4 Å². The molecule has 0 saturated carbocycles. The van der Waals surface area contributed by atoms with E-state index in [2.05, 4.69) is 0 Å². The van der Waals surface area contributed by atoms with Crippen molar-refractivity contribution in [2.45, 2.75) is 13.1 Å². The van der Waals surface area contributed by atoms with E-state index < -0.39 is 12.1 Å². The van der Waals surface area contributed by atoms with E-state index in [4.69, 9.17) is 5.11 Å². The lowest BCUT2D eigenvalue weighted by molar-refractivity contribution is -0.143. The molecule has 0 aromatic carbocycles. The van der Waals surface area contributed by atoms with Crippen LogP contribution in [0.2, 0.25) is 0 Å². The third kappa shape index (κ3) is 1.77. The number of aryl methyl sites for hydroxylation is 1. The van der Waals surface area contributed by atoms with Crippen molar-refractivity contribution in [3.05, 3.63) is 21.9 Å². The third-order valence-electron chi connectivity index (χ3n) is 1.26. The number of rotatable bonds is 2. The van der Waals surface area contributed by atoms with E-state index in [1.54, 1.807) is 6.07 Å². The molecule has 1 aromatic heterocycles. The molecule has 0 bridgehead atoms. The quantitative estimate of drug-likeness (QED) is 0.745. The summed E-state index contributed by atoms with van der Waals surface area (Å²) in [6, 6.07) is 1.55. The molecule has 0 aliphatic heterocycles. The molecule has 0 saturated heterocycles. The van der Waals surface area contributed by atoms with Gasteiger partial charge in [0.05, 0.1) is 0 Å². The van der Waals surface area contributed by atoms with Gasteiger partial charge in [0.15, 0.2) is 0 Å². The molecule has 0 aliphatic rings. The summed E-state index contributed by atoms with van der Waals surface area (Å²) in [6.45, 7) is 1.81. The number of hydrogen-bond donors (Lipinski definition) is 1. The smallest absolute Gasteiger partial charge is 0.343 e. The molecule has 0 aliphatic carbocycles. The second kappa shape index (κ2) is 3.00. The number of carboxylic acid groups (broad SMARTS) is 1. The van der Waals surface area contributed by atoms with Gasteiger partial charge in [-0.25, -0.2) is 9.18 Å². The molecule has 0 amide bonds. The van der Waals surface area contributed by atoms with Crippen molar-refractivity contribution in [2.75, 3.05) is 0 Å². The topological polar surface area (TPSA) is 37.3 Å². The SMILES string of the molecule is Cc1cc(C(F)C(=O)O)cs1. The normalized spacial score (nSPS) is 12.9. The molecule has 4 heteroatoms. The number of thiophene rings is 1. The van der Waals surface area contributed by atoms with Gasteiger partial charge in [-0.2, -0.15) is 0 Å². The van der Waals surface area contributed by atoms with Gasteiger partial charge in [-0.05, 0) is 18.4 Å². The summed E-state index contributed by atoms with van der Waals surface area (Å²) in [5, 5.41) is 9.80. The Balaban J connectivity index is 2.84. The molecule has 11 heavy (non-hydrogen) atoms. The summed E-state index contributed by atoms with van der Waals surface area (Å²) < 4.78 is 12.7. The van der Waals surface area contributed by atoms with Gasteiger partial charge in [0.1, 0.15) is 0 Å². The zero-order valence-electron chi connectivity index (χ0n) is 5.87. The first-order chi connectivity index (χ1) is 5.11. The van der Waals surface area contributed by atoms with Gasteiger partial charge in [0.25, 0.3) is 0 Å². The van der Waals surface area contributed by atoms with Gasteiger partial charge in [0, 0.05) is 10.4 Å². The third-order valence-corrected chi connectivity index (χ3v) is 2.14. The van der Waals surface area contributed by atoms with E-state index in [0.717, 1.165) is 4.88 Å². The average Bonchev–Trinajstić information content (AvgIpc) is 2.34. The van der Waals surface area contributed by atoms with E-state index >= 15 is 0 Å². The monoisotopic (exact) mass is 174 g/mol. The van der Waals surface area contributed by atoms with Crippen molar-refractivity contribution < 1.29 is 14.3 Å². The van der Waals surface area contributed by atoms with Crippen LogP contribution < -0.4 is 0 Å². The second-order valence-electron chi connectivity index (χ2n) is 2.19. The summed E-state index contributed by atoms with van der Waals surface area (Å²) in [5.74, 6) is -1.43. The van der Waals surface area contributed by atoms with Crippen LogP contribution in [0.25, 0.3) is 0 Å². The van der Waals surface area contributed by atoms with Crippen LogP contribution in [-0.2, 0) is 4.79 Å². The Hall–Kier alpha value is -0.900. The molecule has 0 radical (unpaired) electrons. The summed E-state index contributed by atoms with van der Waals surface area (Å²) in [6.07, 6.45) is -1.88. The predicted octanol–water partition coefficient (Wildman–Crippen LogP) is 2.15. The molecular formula is C7H7FO2S. The van der Waals surface area contributed by atoms with E-state index in [-0.39, 0.29) is 5.56 Å². The van der Waals surface area contributed by atoms with Crippen molar-refractivity contribution in [2.24, 2.45) is 0 Å². The first kappa shape index (κ1) is 8.20. The molecule has 1 aromatic rings. The van der Waals surface area contributed by atoms with Crippen LogP contribution in [0.5, 0.6) is 0 Å². The van der Waals surface area contributed by atoms with Crippen LogP contribution >= 0.6 is 11.3 Å². The number of hydrogen-bond acceptors (Lipinski definition) is 2. The van der Waals surface area contributed by atoms with Crippen LogP contribution in [-0.4, -0.2) is 11.1 Å². The second-order valence-corrected chi connectivity index (χ2v) is 3.31. The Morgan fingerprint density at radius 1 is 1.82 bits per heavy atom. The Morgan fingerprint density at radius 2 is 2.45 bits per heavy atom. The minimum atomic E-state index is -1.88. The molecule has 1 atom stereocenters. The number of alkyl halides is 1. The van der Waals surface area contributed by atoms with E-state index in [1.807, 2.05) is 6.92 Å². The fourth-order valence-electron chi connectivity index (χ4n) is 0.739. The van der Waals surface area contributed by atoms with Crippen molar-refractivity contribution in [1.29, 1.82) is 0 Å². The molecule has 60 valence electrons. The molecular weight excluding hydrogens is 167 g/mol. The summed E-state index contributed by atoms with van der Waals surface area (Å²) in [5.41, 5.74) is 0.236.